The van der Waals surface area contributed by atoms with E-state index in [1.165, 1.54) is 12.1 Å². The first kappa shape index (κ1) is 15.8. The van der Waals surface area contributed by atoms with E-state index in [-0.39, 0.29) is 16.6 Å². The van der Waals surface area contributed by atoms with Crippen molar-refractivity contribution in [2.45, 2.75) is 24.7 Å². The van der Waals surface area contributed by atoms with Crippen LogP contribution >= 0.6 is 0 Å². The molecule has 1 N–H and O–H groups in total. The van der Waals surface area contributed by atoms with Crippen molar-refractivity contribution in [3.05, 3.63) is 53.9 Å². The van der Waals surface area contributed by atoms with E-state index in [9.17, 15) is 13.2 Å². The number of anilines is 1. The fourth-order valence-electron chi connectivity index (χ4n) is 2.72. The molecule has 1 aliphatic carbocycles. The van der Waals surface area contributed by atoms with Crippen LogP contribution < -0.4 is 4.72 Å². The van der Waals surface area contributed by atoms with Crippen LogP contribution in [0.3, 0.4) is 0 Å². The van der Waals surface area contributed by atoms with Crippen molar-refractivity contribution in [1.29, 1.82) is 0 Å². The number of nitrogens with zero attached hydrogens (tertiary/aromatic N) is 1. The van der Waals surface area contributed by atoms with E-state index in [0.717, 1.165) is 12.8 Å². The summed E-state index contributed by atoms with van der Waals surface area (Å²) < 4.78 is 33.3. The Morgan fingerprint density at radius 1 is 1.16 bits per heavy atom. The maximum atomic E-state index is 12.6. The molecule has 0 radical (unpaired) electrons. The summed E-state index contributed by atoms with van der Waals surface area (Å²) in [5.74, 6) is 0.649. The van der Waals surface area contributed by atoms with Gasteiger partial charge in [0.15, 0.2) is 17.3 Å². The van der Waals surface area contributed by atoms with Crippen LogP contribution in [0.15, 0.2) is 51.8 Å². The molecule has 2 aromatic carbocycles. The van der Waals surface area contributed by atoms with Crippen LogP contribution in [-0.2, 0) is 10.0 Å². The molecule has 3 aromatic rings. The molecule has 1 saturated carbocycles. The van der Waals surface area contributed by atoms with Crippen LogP contribution in [-0.4, -0.2) is 19.2 Å². The molecule has 0 amide bonds. The highest BCUT2D eigenvalue weighted by molar-refractivity contribution is 7.92. The lowest BCUT2D eigenvalue weighted by Gasteiger charge is -2.09. The molecule has 128 valence electrons. The molecule has 25 heavy (non-hydrogen) atoms. The second kappa shape index (κ2) is 5.70. The van der Waals surface area contributed by atoms with Gasteiger partial charge in [0.05, 0.1) is 10.6 Å². The number of sulfonamides is 1. The van der Waals surface area contributed by atoms with Gasteiger partial charge in [-0.05, 0) is 37.1 Å². The van der Waals surface area contributed by atoms with Gasteiger partial charge in [-0.25, -0.2) is 13.4 Å². The molecule has 0 bridgehead atoms. The Labute approximate surface area is 144 Å². The fourth-order valence-corrected chi connectivity index (χ4v) is 3.79. The zero-order chi connectivity index (χ0) is 17.6. The Kier molecular flexibility index (Phi) is 3.61. The lowest BCUT2D eigenvalue weighted by Crippen LogP contribution is -2.13. The number of para-hydroxylation sites is 1. The zero-order valence-corrected chi connectivity index (χ0v) is 14.3. The van der Waals surface area contributed by atoms with E-state index >= 15 is 0 Å². The summed E-state index contributed by atoms with van der Waals surface area (Å²) in [6.07, 6.45) is 1.84. The minimum absolute atomic E-state index is 0.0822. The summed E-state index contributed by atoms with van der Waals surface area (Å²) in [6.45, 7) is 1.70. The first-order valence-corrected chi connectivity index (χ1v) is 9.45. The van der Waals surface area contributed by atoms with Gasteiger partial charge in [-0.3, -0.25) is 9.52 Å². The minimum Gasteiger partial charge on any atom is -0.439 e. The normalized spacial score (nSPS) is 14.6. The molecule has 0 unspecified atom stereocenters. The number of rotatable bonds is 5. The summed E-state index contributed by atoms with van der Waals surface area (Å²) in [5.41, 5.74) is 1.86. The van der Waals surface area contributed by atoms with Crippen molar-refractivity contribution in [1.82, 2.24) is 4.98 Å². The van der Waals surface area contributed by atoms with E-state index in [1.54, 1.807) is 37.3 Å². The average molecular weight is 356 g/mol. The van der Waals surface area contributed by atoms with Gasteiger partial charge in [-0.2, -0.15) is 0 Å². The Morgan fingerprint density at radius 3 is 2.56 bits per heavy atom. The molecule has 1 fully saturated rings. The number of fused-ring (bicyclic) bond motifs is 1. The highest BCUT2D eigenvalue weighted by Gasteiger charge is 2.30. The lowest BCUT2D eigenvalue weighted by molar-refractivity contribution is 0.0967. The molecular weight excluding hydrogens is 340 g/mol. The second-order valence-electron chi connectivity index (χ2n) is 6.16. The van der Waals surface area contributed by atoms with Crippen LogP contribution in [0.2, 0.25) is 0 Å². The number of Topliss-reactive ketones (excluding diaryl/α,β-unsaturated/α-hetero) is 1. The number of carbonyl (C=O) groups excluding carboxylic acids is 1. The Morgan fingerprint density at radius 2 is 1.88 bits per heavy atom. The number of aromatic nitrogens is 1. The van der Waals surface area contributed by atoms with Crippen LogP contribution in [0.25, 0.3) is 11.1 Å². The predicted molar refractivity (Wildman–Crippen MR) is 93.1 cm³/mol. The van der Waals surface area contributed by atoms with Crippen molar-refractivity contribution >= 4 is 32.6 Å². The van der Waals surface area contributed by atoms with E-state index in [0.29, 0.717) is 28.2 Å². The van der Waals surface area contributed by atoms with Crippen LogP contribution in [0.1, 0.15) is 29.1 Å². The first-order chi connectivity index (χ1) is 11.9. The molecule has 1 aliphatic rings. The number of aryl methyl sites for hydroxylation is 1. The summed E-state index contributed by atoms with van der Waals surface area (Å²) >= 11 is 0. The standard InChI is InChI=1S/C18H16N2O4S/c1-11-19-15-3-2-4-16(18(15)24-11)20-25(22,23)14-9-7-13(8-10-14)17(21)12-5-6-12/h2-4,7-10,12,20H,5-6H2,1H3. The minimum atomic E-state index is -3.79. The summed E-state index contributed by atoms with van der Waals surface area (Å²) in [6, 6.07) is 11.1. The quantitative estimate of drug-likeness (QED) is 0.706. The molecular formula is C18H16N2O4S. The van der Waals surface area contributed by atoms with E-state index < -0.39 is 10.0 Å². The second-order valence-corrected chi connectivity index (χ2v) is 7.84. The number of hydrogen-bond acceptors (Lipinski definition) is 5. The van der Waals surface area contributed by atoms with Gasteiger partial charge < -0.3 is 4.42 Å². The van der Waals surface area contributed by atoms with Crippen molar-refractivity contribution in [3.63, 3.8) is 0 Å². The summed E-state index contributed by atoms with van der Waals surface area (Å²) in [5, 5.41) is 0. The smallest absolute Gasteiger partial charge is 0.262 e. The SMILES string of the molecule is Cc1nc2cccc(NS(=O)(=O)c3ccc(C(=O)C4CC4)cc3)c2o1. The van der Waals surface area contributed by atoms with Crippen molar-refractivity contribution in [2.24, 2.45) is 5.92 Å². The van der Waals surface area contributed by atoms with Crippen LogP contribution in [0.4, 0.5) is 5.69 Å². The maximum Gasteiger partial charge on any atom is 0.262 e. The molecule has 4 rings (SSSR count). The van der Waals surface area contributed by atoms with Crippen molar-refractivity contribution < 1.29 is 17.6 Å². The van der Waals surface area contributed by atoms with E-state index in [4.69, 9.17) is 4.42 Å². The van der Waals surface area contributed by atoms with Crippen LogP contribution in [0.5, 0.6) is 0 Å². The fraction of sp³-hybridized carbons (Fsp3) is 0.222. The van der Waals surface area contributed by atoms with Gasteiger partial charge in [0.2, 0.25) is 0 Å². The third-order valence-electron chi connectivity index (χ3n) is 4.16. The largest absolute Gasteiger partial charge is 0.439 e. The summed E-state index contributed by atoms with van der Waals surface area (Å²) in [7, 11) is -3.79. The molecule has 1 aromatic heterocycles. The highest BCUT2D eigenvalue weighted by atomic mass is 32.2. The molecule has 0 atom stereocenters. The molecule has 0 spiro atoms. The maximum absolute atomic E-state index is 12.6. The number of ketones is 1. The van der Waals surface area contributed by atoms with Gasteiger partial charge in [-0.15, -0.1) is 0 Å². The lowest BCUT2D eigenvalue weighted by atomic mass is 10.1. The molecule has 6 nitrogen and oxygen atoms in total. The van der Waals surface area contributed by atoms with Gasteiger partial charge in [0.1, 0.15) is 5.52 Å². The Balaban J connectivity index is 1.63. The molecule has 0 aliphatic heterocycles. The molecule has 1 heterocycles. The van der Waals surface area contributed by atoms with E-state index in [2.05, 4.69) is 9.71 Å². The average Bonchev–Trinajstić information content (AvgIpc) is 3.36. The topological polar surface area (TPSA) is 89.3 Å². The van der Waals surface area contributed by atoms with E-state index in [1.807, 2.05) is 0 Å². The van der Waals surface area contributed by atoms with Crippen molar-refractivity contribution in [3.8, 4) is 0 Å². The Hall–Kier alpha value is -2.67. The number of nitrogens with one attached hydrogen (secondary N) is 1. The molecule has 7 heteroatoms. The number of carbonyl (C=O) groups is 1. The highest BCUT2D eigenvalue weighted by Crippen LogP contribution is 2.33. The van der Waals surface area contributed by atoms with Gasteiger partial charge in [-0.1, -0.05) is 18.2 Å². The van der Waals surface area contributed by atoms with Gasteiger partial charge in [0, 0.05) is 18.4 Å². The summed E-state index contributed by atoms with van der Waals surface area (Å²) in [4.78, 5) is 16.3. The van der Waals surface area contributed by atoms with Gasteiger partial charge in [0.25, 0.3) is 10.0 Å². The number of oxazole rings is 1. The number of benzene rings is 2. The third kappa shape index (κ3) is 3.02. The zero-order valence-electron chi connectivity index (χ0n) is 13.5. The third-order valence-corrected chi connectivity index (χ3v) is 5.54. The predicted octanol–water partition coefficient (Wildman–Crippen LogP) is 3.53. The molecule has 0 saturated heterocycles. The van der Waals surface area contributed by atoms with Gasteiger partial charge >= 0.3 is 0 Å². The first-order valence-electron chi connectivity index (χ1n) is 7.97. The monoisotopic (exact) mass is 356 g/mol. The number of hydrogen-bond donors (Lipinski definition) is 1. The van der Waals surface area contributed by atoms with Crippen molar-refractivity contribution in [2.75, 3.05) is 4.72 Å². The van der Waals surface area contributed by atoms with Crippen LogP contribution in [0, 0.1) is 12.8 Å². The Bertz CT molecular complexity index is 1060.